The molecule has 0 fully saturated rings. The normalized spacial score (nSPS) is 11.6. The molecule has 1 radical (unpaired) electrons. The Morgan fingerprint density at radius 2 is 1.25 bits per heavy atom. The summed E-state index contributed by atoms with van der Waals surface area (Å²) in [5, 5.41) is 1.63. The summed E-state index contributed by atoms with van der Waals surface area (Å²) < 4.78 is 23.1. The van der Waals surface area contributed by atoms with Gasteiger partial charge >= 0.3 is 0 Å². The third-order valence-electron chi connectivity index (χ3n) is 11.1. The van der Waals surface area contributed by atoms with Crippen LogP contribution in [-0.2, 0) is 20.1 Å². The molecule has 305 valence electrons. The van der Waals surface area contributed by atoms with E-state index in [1.54, 1.807) is 6.20 Å². The second kappa shape index (κ2) is 17.9. The number of furan rings is 1. The molecule has 0 aliphatic carbocycles. The number of aromatic nitrogens is 3. The van der Waals surface area contributed by atoms with E-state index in [4.69, 9.17) is 9.40 Å². The van der Waals surface area contributed by atoms with Crippen LogP contribution < -0.4 is 0 Å². The number of hydrogen-bond donors (Lipinski definition) is 0. The number of nitrogens with zero attached hydrogens (tertiary/aromatic N) is 3. The minimum absolute atomic E-state index is 0. The van der Waals surface area contributed by atoms with Crippen LogP contribution in [0.15, 0.2) is 138 Å². The number of fused-ring (bicyclic) bond motifs is 4. The number of pyridine rings is 1. The Balaban J connectivity index is 0.000000181. The quantitative estimate of drug-likeness (QED) is 0.143. The molecule has 0 atom stereocenters. The molecule has 6 heteroatoms. The van der Waals surface area contributed by atoms with Crippen molar-refractivity contribution in [1.82, 2.24) is 14.5 Å². The van der Waals surface area contributed by atoms with E-state index in [1.807, 2.05) is 54.6 Å². The summed E-state index contributed by atoms with van der Waals surface area (Å²) in [6.45, 7) is 17.9. The first-order valence-electron chi connectivity index (χ1n) is 20.7. The molecule has 3 aromatic heterocycles. The van der Waals surface area contributed by atoms with Crippen molar-refractivity contribution in [3.05, 3.63) is 174 Å². The fourth-order valence-corrected chi connectivity index (χ4v) is 8.26. The van der Waals surface area contributed by atoms with E-state index in [-0.39, 0.29) is 20.1 Å². The SMILES string of the molecule is CC(C)c1cccc(C(C)C)c1-c1ccnc(-c2[c-]c(F)cc3c2oc2ccccc23)c1.CC(C)c1cccc(C(C)C)c1-n1c(-c2[c-]cccc2)nc2ccccc21.[Ir]. The standard InChI is InChI=1S/C29H25FNO.C25H25N2.Ir/c1-17(2)21-9-7-10-22(18(3)4)28(21)19-12-13-31-26(14-19)25-16-20(30)15-24-23-8-5-6-11-27(23)32-29(24)25;1-17(2)20-13-10-14-21(18(3)4)24(20)27-23-16-9-8-15-22(23)26-25(27)19-11-6-5-7-12-19;/h5-15,17-18H,1-4H3;5-11,13-18H,1-4H3;/q2*-1;. The molecule has 9 aromatic rings. The Kier molecular flexibility index (Phi) is 12.7. The predicted octanol–water partition coefficient (Wildman–Crippen LogP) is 15.2. The molecule has 0 saturated heterocycles. The molecule has 4 nitrogen and oxygen atoms in total. The molecular formula is C54H50FIrN3O-2. The van der Waals surface area contributed by atoms with Crippen LogP contribution >= 0.6 is 0 Å². The second-order valence-electron chi connectivity index (χ2n) is 16.5. The van der Waals surface area contributed by atoms with Gasteiger partial charge in [-0.2, -0.15) is 0 Å². The van der Waals surface area contributed by atoms with Crippen molar-refractivity contribution in [2.24, 2.45) is 0 Å². The van der Waals surface area contributed by atoms with Crippen molar-refractivity contribution < 1.29 is 28.9 Å². The minimum Gasteiger partial charge on any atom is -0.501 e. The van der Waals surface area contributed by atoms with Gasteiger partial charge in [0.15, 0.2) is 0 Å². The largest absolute Gasteiger partial charge is 0.501 e. The number of para-hydroxylation sites is 4. The molecule has 0 bridgehead atoms. The number of hydrogen-bond acceptors (Lipinski definition) is 3. The van der Waals surface area contributed by atoms with Crippen LogP contribution in [0.2, 0.25) is 0 Å². The molecule has 60 heavy (non-hydrogen) atoms. The molecule has 0 aliphatic rings. The van der Waals surface area contributed by atoms with Crippen molar-refractivity contribution in [3.63, 3.8) is 0 Å². The second-order valence-corrected chi connectivity index (χ2v) is 16.5. The Labute approximate surface area is 366 Å². The molecule has 3 heterocycles. The van der Waals surface area contributed by atoms with Crippen LogP contribution in [0.4, 0.5) is 4.39 Å². The Morgan fingerprint density at radius 3 is 1.90 bits per heavy atom. The molecule has 0 N–H and O–H groups in total. The van der Waals surface area contributed by atoms with Gasteiger partial charge in [0, 0.05) is 43.2 Å². The van der Waals surface area contributed by atoms with Gasteiger partial charge in [-0.3, -0.25) is 4.98 Å². The van der Waals surface area contributed by atoms with Crippen molar-refractivity contribution in [3.8, 4) is 39.5 Å². The Morgan fingerprint density at radius 1 is 0.633 bits per heavy atom. The summed E-state index contributed by atoms with van der Waals surface area (Å²) in [6.07, 6.45) is 1.79. The van der Waals surface area contributed by atoms with E-state index in [9.17, 15) is 4.39 Å². The molecule has 9 rings (SSSR count). The Bertz CT molecular complexity index is 2870. The first-order chi connectivity index (χ1) is 28.5. The number of halogens is 1. The maximum atomic E-state index is 14.6. The molecule has 6 aromatic carbocycles. The average molecular weight is 968 g/mol. The first-order valence-corrected chi connectivity index (χ1v) is 20.7. The molecule has 0 amide bonds. The first kappa shape index (κ1) is 42.4. The summed E-state index contributed by atoms with van der Waals surface area (Å²) in [6, 6.07) is 49.2. The van der Waals surface area contributed by atoms with Gasteiger partial charge in [0.1, 0.15) is 5.58 Å². The van der Waals surface area contributed by atoms with Crippen LogP contribution in [0.3, 0.4) is 0 Å². The zero-order valence-corrected chi connectivity index (χ0v) is 37.9. The van der Waals surface area contributed by atoms with Gasteiger partial charge in [-0.25, -0.2) is 4.39 Å². The van der Waals surface area contributed by atoms with Crippen molar-refractivity contribution in [1.29, 1.82) is 0 Å². The van der Waals surface area contributed by atoms with Crippen LogP contribution in [0, 0.1) is 17.9 Å². The van der Waals surface area contributed by atoms with Crippen LogP contribution in [0.25, 0.3) is 72.4 Å². The predicted molar refractivity (Wildman–Crippen MR) is 243 cm³/mol. The van der Waals surface area contributed by atoms with E-state index in [1.165, 1.54) is 39.6 Å². The Hall–Kier alpha value is -5.68. The van der Waals surface area contributed by atoms with Crippen molar-refractivity contribution >= 4 is 33.0 Å². The van der Waals surface area contributed by atoms with E-state index in [0.717, 1.165) is 44.3 Å². The summed E-state index contributed by atoms with van der Waals surface area (Å²) >= 11 is 0. The molecule has 0 unspecified atom stereocenters. The molecule has 0 spiro atoms. The zero-order valence-electron chi connectivity index (χ0n) is 35.5. The van der Waals surface area contributed by atoms with Crippen LogP contribution in [-0.4, -0.2) is 14.5 Å². The van der Waals surface area contributed by atoms with Gasteiger partial charge in [-0.15, -0.1) is 42.0 Å². The van der Waals surface area contributed by atoms with Gasteiger partial charge < -0.3 is 14.0 Å². The summed E-state index contributed by atoms with van der Waals surface area (Å²) in [5.41, 5.74) is 14.6. The summed E-state index contributed by atoms with van der Waals surface area (Å²) in [7, 11) is 0. The van der Waals surface area contributed by atoms with Gasteiger partial charge in [0.05, 0.1) is 22.4 Å². The van der Waals surface area contributed by atoms with E-state index >= 15 is 0 Å². The van der Waals surface area contributed by atoms with Crippen molar-refractivity contribution in [2.45, 2.75) is 79.1 Å². The monoisotopic (exact) mass is 968 g/mol. The summed E-state index contributed by atoms with van der Waals surface area (Å²) in [4.78, 5) is 9.58. The topological polar surface area (TPSA) is 43.9 Å². The number of imidazole rings is 1. The van der Waals surface area contributed by atoms with Crippen molar-refractivity contribution in [2.75, 3.05) is 0 Å². The average Bonchev–Trinajstić information content (AvgIpc) is 3.82. The maximum absolute atomic E-state index is 14.6. The van der Waals surface area contributed by atoms with E-state index in [0.29, 0.717) is 40.5 Å². The fraction of sp³-hybridized carbons (Fsp3) is 0.222. The van der Waals surface area contributed by atoms with Gasteiger partial charge in [-0.05, 0) is 87.0 Å². The van der Waals surface area contributed by atoms with E-state index < -0.39 is 5.82 Å². The van der Waals surface area contributed by atoms with Crippen LogP contribution in [0.1, 0.15) is 101 Å². The third-order valence-corrected chi connectivity index (χ3v) is 11.1. The smallest absolute Gasteiger partial charge is 0.120 e. The third kappa shape index (κ3) is 8.11. The van der Waals surface area contributed by atoms with Gasteiger partial charge in [0.2, 0.25) is 0 Å². The number of rotatable bonds is 8. The van der Waals surface area contributed by atoms with Gasteiger partial charge in [0.25, 0.3) is 0 Å². The van der Waals surface area contributed by atoms with Crippen LogP contribution in [0.5, 0.6) is 0 Å². The zero-order chi connectivity index (χ0) is 41.4. The van der Waals surface area contributed by atoms with E-state index in [2.05, 4.69) is 144 Å². The van der Waals surface area contributed by atoms with Gasteiger partial charge in [-0.1, -0.05) is 145 Å². The number of benzene rings is 6. The minimum atomic E-state index is -0.420. The maximum Gasteiger partial charge on any atom is 0.120 e. The summed E-state index contributed by atoms with van der Waals surface area (Å²) in [5.74, 6) is 2.13. The fourth-order valence-electron chi connectivity index (χ4n) is 8.26. The molecule has 0 saturated carbocycles. The molecule has 0 aliphatic heterocycles. The molecular weight excluding hydrogens is 918 g/mol.